The van der Waals surface area contributed by atoms with Crippen molar-refractivity contribution in [3.05, 3.63) is 0 Å². The molecule has 1 aliphatic rings. The van der Waals surface area contributed by atoms with Gasteiger partial charge in [0.2, 0.25) is 0 Å². The molecule has 4 unspecified atom stereocenters. The molecule has 0 heterocycles. The van der Waals surface area contributed by atoms with Crippen molar-refractivity contribution in [1.29, 1.82) is 0 Å². The predicted octanol–water partition coefficient (Wildman–Crippen LogP) is -7.21. The molecule has 0 aromatic heterocycles. The van der Waals surface area contributed by atoms with Gasteiger partial charge in [0.15, 0.2) is 0 Å². The van der Waals surface area contributed by atoms with Gasteiger partial charge in [-0.2, -0.15) is 0 Å². The third-order valence-electron chi connectivity index (χ3n) is 3.31. The second-order valence-electron chi connectivity index (χ2n) is 4.28. The van der Waals surface area contributed by atoms with Crippen molar-refractivity contribution in [2.45, 2.75) is 26.7 Å². The summed E-state index contributed by atoms with van der Waals surface area (Å²) in [7, 11) is 0. The minimum absolute atomic E-state index is 0. The number of carbonyl (C=O) groups excluding carboxylic acids is 2. The molecule has 1 saturated carbocycles. The summed E-state index contributed by atoms with van der Waals surface area (Å²) in [5, 5.41) is 21.4. The maximum atomic E-state index is 10.7. The number of hydrogen-bond donors (Lipinski definition) is 0. The van der Waals surface area contributed by atoms with Crippen molar-refractivity contribution in [2.75, 3.05) is 0 Å². The van der Waals surface area contributed by atoms with Crippen LogP contribution in [-0.4, -0.2) is 11.9 Å². The molecule has 0 radical (unpaired) electrons. The van der Waals surface area contributed by atoms with Crippen molar-refractivity contribution in [3.8, 4) is 0 Å². The van der Waals surface area contributed by atoms with E-state index in [4.69, 9.17) is 0 Å². The summed E-state index contributed by atoms with van der Waals surface area (Å²) in [5.41, 5.74) is 0. The van der Waals surface area contributed by atoms with Crippen LogP contribution in [0.25, 0.3) is 0 Å². The molecule has 80 valence electrons. The van der Waals surface area contributed by atoms with Gasteiger partial charge >= 0.3 is 59.1 Å². The van der Waals surface area contributed by atoms with E-state index >= 15 is 0 Å². The van der Waals surface area contributed by atoms with Crippen LogP contribution in [0.4, 0.5) is 0 Å². The maximum Gasteiger partial charge on any atom is 1.00 e. The van der Waals surface area contributed by atoms with Gasteiger partial charge in [-0.1, -0.05) is 13.8 Å². The molecule has 1 rings (SSSR count). The molecule has 4 atom stereocenters. The zero-order chi connectivity index (χ0) is 10.9. The number of rotatable bonds is 2. The number of hydrogen-bond acceptors (Lipinski definition) is 4. The molecule has 6 heteroatoms. The molecule has 0 saturated heterocycles. The van der Waals surface area contributed by atoms with Crippen LogP contribution in [0.1, 0.15) is 26.7 Å². The number of aliphatic carboxylic acids is 2. The average Bonchev–Trinajstić information content (AvgIpc) is 2.08. The van der Waals surface area contributed by atoms with Crippen LogP contribution in [0.2, 0.25) is 0 Å². The van der Waals surface area contributed by atoms with Crippen LogP contribution in [-0.2, 0) is 9.59 Å². The van der Waals surface area contributed by atoms with Crippen LogP contribution in [0.5, 0.6) is 0 Å². The fourth-order valence-corrected chi connectivity index (χ4v) is 2.12. The normalized spacial score (nSPS) is 33.1. The first-order chi connectivity index (χ1) is 6.43. The van der Waals surface area contributed by atoms with Crippen molar-refractivity contribution < 1.29 is 78.9 Å². The van der Waals surface area contributed by atoms with Gasteiger partial charge in [-0.15, -0.1) is 0 Å². The van der Waals surface area contributed by atoms with Gasteiger partial charge in [0.05, 0.1) is 0 Å². The molecule has 4 nitrogen and oxygen atoms in total. The monoisotopic (exact) mass is 244 g/mol. The topological polar surface area (TPSA) is 80.3 Å². The summed E-state index contributed by atoms with van der Waals surface area (Å²) in [6, 6.07) is 0. The van der Waals surface area contributed by atoms with Gasteiger partial charge in [0, 0.05) is 23.8 Å². The van der Waals surface area contributed by atoms with Crippen molar-refractivity contribution in [3.63, 3.8) is 0 Å². The zero-order valence-electron chi connectivity index (χ0n) is 10.4. The van der Waals surface area contributed by atoms with Crippen LogP contribution >= 0.6 is 0 Å². The fraction of sp³-hybridized carbons (Fsp3) is 0.800. The Labute approximate surface area is 140 Å². The van der Waals surface area contributed by atoms with E-state index in [1.54, 1.807) is 0 Å². The molecule has 0 bridgehead atoms. The third-order valence-corrected chi connectivity index (χ3v) is 3.31. The van der Waals surface area contributed by atoms with E-state index < -0.39 is 23.8 Å². The first-order valence-electron chi connectivity index (χ1n) is 4.85. The molecule has 0 N–H and O–H groups in total. The van der Waals surface area contributed by atoms with E-state index in [1.807, 2.05) is 13.8 Å². The Hall–Kier alpha value is 0.940. The molecule has 1 aliphatic carbocycles. The van der Waals surface area contributed by atoms with Gasteiger partial charge in [-0.05, 0) is 24.7 Å². The summed E-state index contributed by atoms with van der Waals surface area (Å²) in [6.07, 6.45) is 0.754. The largest absolute Gasteiger partial charge is 1.00 e. The van der Waals surface area contributed by atoms with Crippen LogP contribution in [0.3, 0.4) is 0 Å². The quantitative estimate of drug-likeness (QED) is 0.452. The Morgan fingerprint density at radius 2 is 1.12 bits per heavy atom. The first-order valence-corrected chi connectivity index (χ1v) is 4.85. The first kappa shape index (κ1) is 19.3. The minimum Gasteiger partial charge on any atom is -0.550 e. The Morgan fingerprint density at radius 3 is 1.31 bits per heavy atom. The van der Waals surface area contributed by atoms with Gasteiger partial charge in [-0.25, -0.2) is 0 Å². The van der Waals surface area contributed by atoms with E-state index in [2.05, 4.69) is 0 Å². The second kappa shape index (κ2) is 8.11. The molecule has 0 spiro atoms. The summed E-state index contributed by atoms with van der Waals surface area (Å²) in [6.45, 7) is 3.87. The van der Waals surface area contributed by atoms with Gasteiger partial charge in [-0.3, -0.25) is 0 Å². The molecule has 0 amide bonds. The number of carbonyl (C=O) groups is 2. The van der Waals surface area contributed by atoms with Gasteiger partial charge < -0.3 is 19.8 Å². The Balaban J connectivity index is 0. The molecular formula is C10H14Na2O4. The minimum atomic E-state index is -1.27. The van der Waals surface area contributed by atoms with Crippen molar-refractivity contribution >= 4 is 11.9 Å². The third kappa shape index (κ3) is 4.67. The molecule has 16 heavy (non-hydrogen) atoms. The SMILES string of the molecule is CC1CC(C(=O)[O-])C(C(=O)[O-])CC1C.[Na+].[Na+]. The smallest absolute Gasteiger partial charge is 0.550 e. The fourth-order valence-electron chi connectivity index (χ4n) is 2.12. The Morgan fingerprint density at radius 1 is 0.875 bits per heavy atom. The van der Waals surface area contributed by atoms with Crippen molar-refractivity contribution in [2.24, 2.45) is 23.7 Å². The number of carboxylic acid groups (broad SMARTS) is 2. The van der Waals surface area contributed by atoms with E-state index in [0.717, 1.165) is 0 Å². The van der Waals surface area contributed by atoms with E-state index in [0.29, 0.717) is 12.8 Å². The van der Waals surface area contributed by atoms with E-state index in [-0.39, 0.29) is 71.0 Å². The zero-order valence-corrected chi connectivity index (χ0v) is 14.4. The van der Waals surface area contributed by atoms with Crippen LogP contribution < -0.4 is 69.3 Å². The van der Waals surface area contributed by atoms with Gasteiger partial charge in [0.1, 0.15) is 0 Å². The van der Waals surface area contributed by atoms with E-state index in [1.165, 1.54) is 0 Å². The predicted molar refractivity (Wildman–Crippen MR) is 44.6 cm³/mol. The van der Waals surface area contributed by atoms with Crippen molar-refractivity contribution in [1.82, 2.24) is 0 Å². The Bertz CT molecular complexity index is 231. The summed E-state index contributed by atoms with van der Waals surface area (Å²) >= 11 is 0. The number of carboxylic acids is 2. The molecule has 0 aliphatic heterocycles. The molecular weight excluding hydrogens is 230 g/mol. The second-order valence-corrected chi connectivity index (χ2v) is 4.28. The summed E-state index contributed by atoms with van der Waals surface area (Å²) in [5.74, 6) is -3.84. The van der Waals surface area contributed by atoms with Crippen LogP contribution in [0.15, 0.2) is 0 Å². The maximum absolute atomic E-state index is 10.7. The molecule has 0 aromatic carbocycles. The van der Waals surface area contributed by atoms with Gasteiger partial charge in [0.25, 0.3) is 0 Å². The molecule has 0 aromatic rings. The van der Waals surface area contributed by atoms with Crippen LogP contribution in [0, 0.1) is 23.7 Å². The standard InChI is InChI=1S/C10H16O4.2Na/c1-5-3-7(9(11)12)8(10(13)14)4-6(5)2;;/h5-8H,3-4H2,1-2H3,(H,11,12)(H,13,14);;/q;2*+1/p-2. The molecule has 1 fully saturated rings. The summed E-state index contributed by atoms with van der Waals surface area (Å²) in [4.78, 5) is 21.4. The Kier molecular flexibility index (Phi) is 9.78. The average molecular weight is 244 g/mol. The van der Waals surface area contributed by atoms with E-state index in [9.17, 15) is 19.8 Å². The summed E-state index contributed by atoms with van der Waals surface area (Å²) < 4.78 is 0.